The van der Waals surface area contributed by atoms with E-state index in [2.05, 4.69) is 6.92 Å². The first-order valence-electron chi connectivity index (χ1n) is 9.63. The van der Waals surface area contributed by atoms with Gasteiger partial charge in [-0.3, -0.25) is 13.9 Å². The van der Waals surface area contributed by atoms with Crippen molar-refractivity contribution in [3.8, 4) is 0 Å². The summed E-state index contributed by atoms with van der Waals surface area (Å²) in [5.41, 5.74) is 1.58. The average molecular weight is 403 g/mol. The molecule has 0 radical (unpaired) electrons. The van der Waals surface area contributed by atoms with Crippen molar-refractivity contribution in [3.63, 3.8) is 0 Å². The van der Waals surface area contributed by atoms with Crippen molar-refractivity contribution in [2.24, 2.45) is 0 Å². The molecule has 0 saturated heterocycles. The molecular weight excluding hydrogens is 380 g/mol. The van der Waals surface area contributed by atoms with Crippen LogP contribution in [-0.4, -0.2) is 9.13 Å². The second-order valence-corrected chi connectivity index (χ2v) is 8.65. The number of hydrogen-bond acceptors (Lipinski definition) is 3. The number of unbranched alkanes of at least 4 members (excludes halogenated alkanes) is 1. The summed E-state index contributed by atoms with van der Waals surface area (Å²) >= 11 is 7.94. The maximum Gasteiger partial charge on any atom is 0.332 e. The Morgan fingerprint density at radius 2 is 1.89 bits per heavy atom. The molecule has 1 aromatic carbocycles. The van der Waals surface area contributed by atoms with E-state index in [4.69, 9.17) is 11.6 Å². The Hall–Kier alpha value is -1.85. The highest BCUT2D eigenvalue weighted by Gasteiger charge is 2.23. The zero-order valence-electron chi connectivity index (χ0n) is 15.5. The third kappa shape index (κ3) is 3.27. The molecule has 0 aliphatic heterocycles. The molecule has 1 aliphatic rings. The first kappa shape index (κ1) is 18.5. The van der Waals surface area contributed by atoms with E-state index in [1.54, 1.807) is 17.4 Å². The second kappa shape index (κ2) is 7.64. The van der Waals surface area contributed by atoms with Crippen LogP contribution >= 0.6 is 22.9 Å². The van der Waals surface area contributed by atoms with Crippen LogP contribution in [0, 0.1) is 0 Å². The number of aryl methyl sites for hydroxylation is 3. The Morgan fingerprint density at radius 1 is 1.11 bits per heavy atom. The molecule has 0 amide bonds. The van der Waals surface area contributed by atoms with Gasteiger partial charge in [0.15, 0.2) is 0 Å². The molecule has 0 bridgehead atoms. The highest BCUT2D eigenvalue weighted by Crippen LogP contribution is 2.34. The Bertz CT molecular complexity index is 1110. The van der Waals surface area contributed by atoms with Crippen LogP contribution in [0.4, 0.5) is 0 Å². The van der Waals surface area contributed by atoms with E-state index in [-0.39, 0.29) is 17.8 Å². The van der Waals surface area contributed by atoms with E-state index in [1.807, 2.05) is 22.8 Å². The molecule has 0 atom stereocenters. The van der Waals surface area contributed by atoms with E-state index in [1.165, 1.54) is 15.0 Å². The van der Waals surface area contributed by atoms with E-state index < -0.39 is 0 Å². The minimum absolute atomic E-state index is 0.165. The van der Waals surface area contributed by atoms with Gasteiger partial charge in [0.1, 0.15) is 4.83 Å². The number of nitrogens with zero attached hydrogens (tertiary/aromatic N) is 2. The number of aromatic nitrogens is 2. The fourth-order valence-electron chi connectivity index (χ4n) is 3.87. The van der Waals surface area contributed by atoms with Crippen molar-refractivity contribution in [1.29, 1.82) is 0 Å². The normalized spacial score (nSPS) is 13.9. The van der Waals surface area contributed by atoms with Crippen molar-refractivity contribution >= 4 is 33.2 Å². The Balaban J connectivity index is 1.97. The smallest absolute Gasteiger partial charge is 0.284 e. The summed E-state index contributed by atoms with van der Waals surface area (Å²) in [5, 5.41) is 1.34. The summed E-state index contributed by atoms with van der Waals surface area (Å²) in [6, 6.07) is 7.40. The molecule has 0 N–H and O–H groups in total. The number of benzene rings is 1. The molecule has 0 fully saturated rings. The molecule has 4 nitrogen and oxygen atoms in total. The lowest BCUT2D eigenvalue weighted by molar-refractivity contribution is 0.574. The summed E-state index contributed by atoms with van der Waals surface area (Å²) < 4.78 is 3.20. The van der Waals surface area contributed by atoms with Gasteiger partial charge in [-0.1, -0.05) is 43.1 Å². The summed E-state index contributed by atoms with van der Waals surface area (Å²) in [7, 11) is 0. The lowest BCUT2D eigenvalue weighted by atomic mass is 9.97. The van der Waals surface area contributed by atoms with Gasteiger partial charge in [-0.2, -0.15) is 0 Å². The number of rotatable bonds is 5. The predicted molar refractivity (Wildman–Crippen MR) is 112 cm³/mol. The second-order valence-electron chi connectivity index (χ2n) is 7.16. The first-order valence-corrected chi connectivity index (χ1v) is 10.8. The molecule has 142 valence electrons. The fraction of sp³-hybridized carbons (Fsp3) is 0.429. The zero-order valence-corrected chi connectivity index (χ0v) is 17.0. The Kier molecular flexibility index (Phi) is 5.24. The number of hydrogen-bond donors (Lipinski definition) is 0. The zero-order chi connectivity index (χ0) is 19.0. The average Bonchev–Trinajstić information content (AvgIpc) is 3.06. The summed E-state index contributed by atoms with van der Waals surface area (Å²) in [6.45, 7) is 2.97. The molecule has 6 heteroatoms. The molecule has 4 rings (SSSR count). The topological polar surface area (TPSA) is 44.0 Å². The largest absolute Gasteiger partial charge is 0.332 e. The predicted octanol–water partition coefficient (Wildman–Crippen LogP) is 4.61. The summed E-state index contributed by atoms with van der Waals surface area (Å²) in [6.07, 6.45) is 6.14. The molecule has 0 saturated carbocycles. The SMILES string of the molecule is CCCCn1c(=O)n(Cc2ccccc2Cl)c(=O)c2c3c(sc21)CCCC3. The van der Waals surface area contributed by atoms with Crippen LogP contribution in [0.3, 0.4) is 0 Å². The van der Waals surface area contributed by atoms with Crippen molar-refractivity contribution in [3.05, 3.63) is 66.1 Å². The minimum Gasteiger partial charge on any atom is -0.284 e. The van der Waals surface area contributed by atoms with Crippen LogP contribution in [0.25, 0.3) is 10.2 Å². The first-order chi connectivity index (χ1) is 13.1. The van der Waals surface area contributed by atoms with Crippen LogP contribution in [0.5, 0.6) is 0 Å². The van der Waals surface area contributed by atoms with Gasteiger partial charge in [-0.25, -0.2) is 4.79 Å². The molecule has 27 heavy (non-hydrogen) atoms. The monoisotopic (exact) mass is 402 g/mol. The number of thiophene rings is 1. The van der Waals surface area contributed by atoms with E-state index >= 15 is 0 Å². The summed E-state index contributed by atoms with van der Waals surface area (Å²) in [5.74, 6) is 0. The molecule has 2 aromatic heterocycles. The fourth-order valence-corrected chi connectivity index (χ4v) is 5.46. The van der Waals surface area contributed by atoms with Crippen molar-refractivity contribution < 1.29 is 0 Å². The Morgan fingerprint density at radius 3 is 2.67 bits per heavy atom. The lowest BCUT2D eigenvalue weighted by Gasteiger charge is -2.14. The number of fused-ring (bicyclic) bond motifs is 3. The molecule has 1 aliphatic carbocycles. The van der Waals surface area contributed by atoms with Gasteiger partial charge in [0, 0.05) is 16.4 Å². The maximum absolute atomic E-state index is 13.3. The minimum atomic E-state index is -0.223. The van der Waals surface area contributed by atoms with E-state index in [0.717, 1.165) is 54.3 Å². The van der Waals surface area contributed by atoms with Gasteiger partial charge in [0.25, 0.3) is 5.56 Å². The molecular formula is C21H23ClN2O2S. The highest BCUT2D eigenvalue weighted by atomic mass is 35.5. The lowest BCUT2D eigenvalue weighted by Crippen LogP contribution is -2.40. The Labute approximate surface area is 167 Å². The van der Waals surface area contributed by atoms with Gasteiger partial charge in [-0.15, -0.1) is 11.3 Å². The van der Waals surface area contributed by atoms with Crippen LogP contribution in [-0.2, 0) is 25.9 Å². The van der Waals surface area contributed by atoms with Crippen molar-refractivity contribution in [1.82, 2.24) is 9.13 Å². The quantitative estimate of drug-likeness (QED) is 0.625. The van der Waals surface area contributed by atoms with Crippen molar-refractivity contribution in [2.75, 3.05) is 0 Å². The molecule has 3 aromatic rings. The van der Waals surface area contributed by atoms with Gasteiger partial charge < -0.3 is 0 Å². The van der Waals surface area contributed by atoms with Crippen LogP contribution < -0.4 is 11.2 Å². The van der Waals surface area contributed by atoms with Gasteiger partial charge >= 0.3 is 5.69 Å². The molecule has 2 heterocycles. The van der Waals surface area contributed by atoms with Crippen LogP contribution in [0.2, 0.25) is 5.02 Å². The van der Waals surface area contributed by atoms with Crippen LogP contribution in [0.15, 0.2) is 33.9 Å². The molecule has 0 unspecified atom stereocenters. The van der Waals surface area contributed by atoms with Crippen molar-refractivity contribution in [2.45, 2.75) is 58.5 Å². The van der Waals surface area contributed by atoms with Gasteiger partial charge in [-0.05, 0) is 49.3 Å². The van der Waals surface area contributed by atoms with E-state index in [9.17, 15) is 9.59 Å². The number of halogens is 1. The van der Waals surface area contributed by atoms with Gasteiger partial charge in [0.2, 0.25) is 0 Å². The summed E-state index contributed by atoms with van der Waals surface area (Å²) in [4.78, 5) is 28.7. The third-order valence-corrected chi connectivity index (χ3v) is 7.02. The molecule has 0 spiro atoms. The standard InChI is InChI=1S/C21H23ClN2O2S/c1-2-3-12-23-20-18(15-9-5-7-11-17(15)27-20)19(25)24(21(23)26)13-14-8-4-6-10-16(14)22/h4,6,8,10H,2-3,5,7,9,11-13H2,1H3. The van der Waals surface area contributed by atoms with Crippen LogP contribution in [0.1, 0.15) is 48.6 Å². The highest BCUT2D eigenvalue weighted by molar-refractivity contribution is 7.18. The third-order valence-electron chi connectivity index (χ3n) is 5.34. The van der Waals surface area contributed by atoms with Gasteiger partial charge in [0.05, 0.1) is 11.9 Å². The maximum atomic E-state index is 13.3. The van der Waals surface area contributed by atoms with E-state index in [0.29, 0.717) is 11.6 Å².